The standard InChI is InChI=1S/C21H28N4O2/c1-16-19(17(2)23-22-16)13-24-11-6-9-21(10-12-24)15-25(20(26)14-27-21)18-7-4-3-5-8-18/h3-5,7-8H,6,9-15H2,1-2H3,(H,22,23). The highest BCUT2D eigenvalue weighted by molar-refractivity contribution is 5.95. The number of benzene rings is 1. The molecule has 1 amide bonds. The number of aryl methyl sites for hydroxylation is 2. The van der Waals surface area contributed by atoms with Gasteiger partial charge in [-0.05, 0) is 51.8 Å². The quantitative estimate of drug-likeness (QED) is 0.905. The van der Waals surface area contributed by atoms with E-state index >= 15 is 0 Å². The number of ether oxygens (including phenoxy) is 1. The van der Waals surface area contributed by atoms with Crippen LogP contribution in [0.1, 0.15) is 36.2 Å². The molecule has 2 aliphatic rings. The SMILES string of the molecule is Cc1n[nH]c(C)c1CN1CCCC2(CC1)CN(c1ccccc1)C(=O)CO2. The molecule has 2 fully saturated rings. The number of carbonyl (C=O) groups is 1. The molecular formula is C21H28N4O2. The largest absolute Gasteiger partial charge is 0.363 e. The third-order valence-electron chi connectivity index (χ3n) is 5.97. The molecule has 3 heterocycles. The monoisotopic (exact) mass is 368 g/mol. The third kappa shape index (κ3) is 3.77. The van der Waals surface area contributed by atoms with Gasteiger partial charge in [-0.2, -0.15) is 5.10 Å². The summed E-state index contributed by atoms with van der Waals surface area (Å²) in [6.45, 7) is 7.91. The number of hydrogen-bond acceptors (Lipinski definition) is 4. The summed E-state index contributed by atoms with van der Waals surface area (Å²) >= 11 is 0. The smallest absolute Gasteiger partial charge is 0.253 e. The fraction of sp³-hybridized carbons (Fsp3) is 0.524. The fourth-order valence-electron chi connectivity index (χ4n) is 4.27. The Hall–Kier alpha value is -2.18. The number of aromatic amines is 1. The number of likely N-dealkylation sites (tertiary alicyclic amines) is 1. The molecule has 1 atom stereocenters. The fourth-order valence-corrected chi connectivity index (χ4v) is 4.27. The summed E-state index contributed by atoms with van der Waals surface area (Å²) in [6, 6.07) is 9.95. The van der Waals surface area contributed by atoms with E-state index in [2.05, 4.69) is 28.9 Å². The second-order valence-corrected chi connectivity index (χ2v) is 7.83. The zero-order valence-corrected chi connectivity index (χ0v) is 16.2. The van der Waals surface area contributed by atoms with Crippen LogP contribution in [0.5, 0.6) is 0 Å². The Bertz CT molecular complexity index is 784. The highest BCUT2D eigenvalue weighted by Crippen LogP contribution is 2.33. The molecule has 0 radical (unpaired) electrons. The number of anilines is 1. The van der Waals surface area contributed by atoms with Gasteiger partial charge in [-0.25, -0.2) is 0 Å². The van der Waals surface area contributed by atoms with Crippen molar-refractivity contribution >= 4 is 11.6 Å². The van der Waals surface area contributed by atoms with E-state index in [1.54, 1.807) is 0 Å². The molecule has 144 valence electrons. The molecule has 6 heteroatoms. The summed E-state index contributed by atoms with van der Waals surface area (Å²) in [4.78, 5) is 16.8. The van der Waals surface area contributed by atoms with Crippen LogP contribution in [0.15, 0.2) is 30.3 Å². The maximum atomic E-state index is 12.4. The van der Waals surface area contributed by atoms with Crippen molar-refractivity contribution in [3.8, 4) is 0 Å². The minimum atomic E-state index is -0.237. The van der Waals surface area contributed by atoms with Crippen molar-refractivity contribution in [2.24, 2.45) is 0 Å². The van der Waals surface area contributed by atoms with Crippen LogP contribution < -0.4 is 4.90 Å². The molecule has 2 aromatic rings. The van der Waals surface area contributed by atoms with Crippen LogP contribution in [0.25, 0.3) is 0 Å². The minimum absolute atomic E-state index is 0.0533. The summed E-state index contributed by atoms with van der Waals surface area (Å²) in [5.41, 5.74) is 4.27. The van der Waals surface area contributed by atoms with Crippen molar-refractivity contribution in [3.63, 3.8) is 0 Å². The van der Waals surface area contributed by atoms with Crippen LogP contribution in [-0.4, -0.2) is 52.8 Å². The first-order valence-corrected chi connectivity index (χ1v) is 9.78. The van der Waals surface area contributed by atoms with E-state index in [-0.39, 0.29) is 18.1 Å². The lowest BCUT2D eigenvalue weighted by atomic mass is 9.92. The van der Waals surface area contributed by atoms with E-state index in [1.165, 1.54) is 5.56 Å². The zero-order chi connectivity index (χ0) is 18.9. The van der Waals surface area contributed by atoms with Crippen molar-refractivity contribution in [2.45, 2.75) is 45.3 Å². The summed E-state index contributed by atoms with van der Waals surface area (Å²) < 4.78 is 6.15. The number of amides is 1. The minimum Gasteiger partial charge on any atom is -0.363 e. The maximum absolute atomic E-state index is 12.4. The van der Waals surface area contributed by atoms with E-state index in [9.17, 15) is 4.79 Å². The first kappa shape index (κ1) is 18.2. The molecule has 2 aliphatic heterocycles. The van der Waals surface area contributed by atoms with Crippen molar-refractivity contribution in [3.05, 3.63) is 47.3 Å². The van der Waals surface area contributed by atoms with Gasteiger partial charge in [0.05, 0.1) is 17.8 Å². The molecule has 1 unspecified atom stereocenters. The Balaban J connectivity index is 1.46. The number of nitrogens with one attached hydrogen (secondary N) is 1. The van der Waals surface area contributed by atoms with Crippen LogP contribution >= 0.6 is 0 Å². The number of H-pyrrole nitrogens is 1. The summed E-state index contributed by atoms with van der Waals surface area (Å²) in [5.74, 6) is 0.0533. The van der Waals surface area contributed by atoms with Gasteiger partial charge in [0, 0.05) is 30.0 Å². The number of nitrogens with zero attached hydrogens (tertiary/aromatic N) is 3. The molecule has 1 aromatic heterocycles. The van der Waals surface area contributed by atoms with Gasteiger partial charge >= 0.3 is 0 Å². The highest BCUT2D eigenvalue weighted by Gasteiger charge is 2.41. The summed E-state index contributed by atoms with van der Waals surface area (Å²) in [5, 5.41) is 7.40. The molecule has 27 heavy (non-hydrogen) atoms. The first-order valence-electron chi connectivity index (χ1n) is 9.78. The summed E-state index contributed by atoms with van der Waals surface area (Å²) in [7, 11) is 0. The summed E-state index contributed by atoms with van der Waals surface area (Å²) in [6.07, 6.45) is 3.01. The van der Waals surface area contributed by atoms with Crippen molar-refractivity contribution in [1.29, 1.82) is 0 Å². The lowest BCUT2D eigenvalue weighted by molar-refractivity contribution is -0.140. The lowest BCUT2D eigenvalue weighted by Gasteiger charge is -2.42. The van der Waals surface area contributed by atoms with E-state index in [1.807, 2.05) is 35.2 Å². The maximum Gasteiger partial charge on any atom is 0.253 e. The molecule has 6 nitrogen and oxygen atoms in total. The normalized spacial score (nSPS) is 24.4. The molecule has 2 saturated heterocycles. The number of rotatable bonds is 3. The first-order chi connectivity index (χ1) is 13.1. The van der Waals surface area contributed by atoms with E-state index < -0.39 is 0 Å². The topological polar surface area (TPSA) is 61.5 Å². The molecule has 1 spiro atoms. The lowest BCUT2D eigenvalue weighted by Crippen LogP contribution is -2.55. The van der Waals surface area contributed by atoms with Crippen molar-refractivity contribution in [2.75, 3.05) is 31.1 Å². The average molecular weight is 368 g/mol. The van der Waals surface area contributed by atoms with Gasteiger partial charge in [0.2, 0.25) is 0 Å². The Morgan fingerprint density at radius 2 is 2.00 bits per heavy atom. The molecule has 0 bridgehead atoms. The highest BCUT2D eigenvalue weighted by atomic mass is 16.5. The van der Waals surface area contributed by atoms with Gasteiger partial charge in [0.15, 0.2) is 0 Å². The molecular weight excluding hydrogens is 340 g/mol. The molecule has 1 aromatic carbocycles. The zero-order valence-electron chi connectivity index (χ0n) is 16.2. The number of para-hydroxylation sites is 1. The second kappa shape index (κ2) is 7.44. The van der Waals surface area contributed by atoms with Crippen LogP contribution in [0.4, 0.5) is 5.69 Å². The third-order valence-corrected chi connectivity index (χ3v) is 5.97. The van der Waals surface area contributed by atoms with Crippen LogP contribution in [0.2, 0.25) is 0 Å². The van der Waals surface area contributed by atoms with Gasteiger partial charge in [-0.3, -0.25) is 14.8 Å². The van der Waals surface area contributed by atoms with Crippen LogP contribution in [0, 0.1) is 13.8 Å². The molecule has 4 rings (SSSR count). The number of carbonyl (C=O) groups excluding carboxylic acids is 1. The predicted molar refractivity (Wildman–Crippen MR) is 105 cm³/mol. The number of aromatic nitrogens is 2. The van der Waals surface area contributed by atoms with Crippen LogP contribution in [-0.2, 0) is 16.1 Å². The van der Waals surface area contributed by atoms with Gasteiger partial charge in [-0.1, -0.05) is 18.2 Å². The Morgan fingerprint density at radius 1 is 1.19 bits per heavy atom. The predicted octanol–water partition coefficient (Wildman–Crippen LogP) is 2.81. The van der Waals surface area contributed by atoms with Gasteiger partial charge in [0.25, 0.3) is 5.91 Å². The van der Waals surface area contributed by atoms with Gasteiger partial charge < -0.3 is 9.64 Å². The molecule has 0 aliphatic carbocycles. The van der Waals surface area contributed by atoms with Gasteiger partial charge in [-0.15, -0.1) is 0 Å². The Kier molecular flexibility index (Phi) is 5.02. The Morgan fingerprint density at radius 3 is 2.74 bits per heavy atom. The van der Waals surface area contributed by atoms with E-state index in [4.69, 9.17) is 4.74 Å². The van der Waals surface area contributed by atoms with Gasteiger partial charge in [0.1, 0.15) is 6.61 Å². The van der Waals surface area contributed by atoms with E-state index in [0.29, 0.717) is 6.54 Å². The molecule has 1 N–H and O–H groups in total. The van der Waals surface area contributed by atoms with E-state index in [0.717, 1.165) is 56.0 Å². The van der Waals surface area contributed by atoms with Crippen molar-refractivity contribution in [1.82, 2.24) is 15.1 Å². The number of hydrogen-bond donors (Lipinski definition) is 1. The van der Waals surface area contributed by atoms with Crippen molar-refractivity contribution < 1.29 is 9.53 Å². The Labute approximate surface area is 160 Å². The average Bonchev–Trinajstić information content (AvgIpc) is 2.89. The van der Waals surface area contributed by atoms with Crippen LogP contribution in [0.3, 0.4) is 0 Å². The molecule has 0 saturated carbocycles. The second-order valence-electron chi connectivity index (χ2n) is 7.83. The number of morpholine rings is 1.